The summed E-state index contributed by atoms with van der Waals surface area (Å²) in [5.41, 5.74) is 5.68. The van der Waals surface area contributed by atoms with Gasteiger partial charge < -0.3 is 15.0 Å². The molecular formula is C14H15FN4O2. The van der Waals surface area contributed by atoms with Gasteiger partial charge in [0.15, 0.2) is 12.4 Å². The first-order chi connectivity index (χ1) is 10.1. The number of halogens is 1. The number of rotatable bonds is 3. The van der Waals surface area contributed by atoms with E-state index in [1.54, 1.807) is 0 Å². The number of aryl methyl sites for hydroxylation is 1. The standard InChI is InChI=1S/C14H15FN4O2/c15-11-5-4-9(16)7-10(11)14(20)21-8-13-18-17-12-3-1-2-6-19(12)13/h4-5,7H,1-3,6,8,16H2. The molecule has 0 unspecified atom stereocenters. The van der Waals surface area contributed by atoms with Crippen LogP contribution in [0.15, 0.2) is 18.2 Å². The fourth-order valence-electron chi connectivity index (χ4n) is 2.38. The second-order valence-electron chi connectivity index (χ2n) is 4.96. The third-order valence-electron chi connectivity index (χ3n) is 3.48. The van der Waals surface area contributed by atoms with Crippen molar-refractivity contribution in [2.75, 3.05) is 5.73 Å². The van der Waals surface area contributed by atoms with Gasteiger partial charge in [-0.1, -0.05) is 0 Å². The Balaban J connectivity index is 1.71. The summed E-state index contributed by atoms with van der Waals surface area (Å²) in [4.78, 5) is 11.9. The summed E-state index contributed by atoms with van der Waals surface area (Å²) >= 11 is 0. The average molecular weight is 290 g/mol. The van der Waals surface area contributed by atoms with Crippen LogP contribution in [0.25, 0.3) is 0 Å². The van der Waals surface area contributed by atoms with E-state index < -0.39 is 11.8 Å². The summed E-state index contributed by atoms with van der Waals surface area (Å²) in [6.07, 6.45) is 3.02. The van der Waals surface area contributed by atoms with E-state index in [9.17, 15) is 9.18 Å². The molecule has 0 bridgehead atoms. The minimum Gasteiger partial charge on any atom is -0.454 e. The molecule has 2 heterocycles. The number of hydrogen-bond acceptors (Lipinski definition) is 5. The predicted molar refractivity (Wildman–Crippen MR) is 72.9 cm³/mol. The number of hydrogen-bond donors (Lipinski definition) is 1. The topological polar surface area (TPSA) is 83.0 Å². The number of aromatic nitrogens is 3. The Morgan fingerprint density at radius 3 is 3.10 bits per heavy atom. The van der Waals surface area contributed by atoms with Gasteiger partial charge in [0.05, 0.1) is 5.56 Å². The van der Waals surface area contributed by atoms with Crippen molar-refractivity contribution in [1.82, 2.24) is 14.8 Å². The van der Waals surface area contributed by atoms with Crippen LogP contribution in [-0.2, 0) is 24.3 Å². The number of nitrogens with two attached hydrogens (primary N) is 1. The SMILES string of the molecule is Nc1ccc(F)c(C(=O)OCc2nnc3n2CCCC3)c1. The summed E-state index contributed by atoms with van der Waals surface area (Å²) in [6, 6.07) is 3.79. The first-order valence-corrected chi connectivity index (χ1v) is 6.78. The summed E-state index contributed by atoms with van der Waals surface area (Å²) in [5, 5.41) is 8.09. The molecule has 1 aliphatic heterocycles. The fraction of sp³-hybridized carbons (Fsp3) is 0.357. The van der Waals surface area contributed by atoms with E-state index in [1.165, 1.54) is 12.1 Å². The van der Waals surface area contributed by atoms with E-state index >= 15 is 0 Å². The molecule has 21 heavy (non-hydrogen) atoms. The van der Waals surface area contributed by atoms with Crippen molar-refractivity contribution in [3.8, 4) is 0 Å². The van der Waals surface area contributed by atoms with Crippen molar-refractivity contribution in [2.45, 2.75) is 32.4 Å². The zero-order chi connectivity index (χ0) is 14.8. The van der Waals surface area contributed by atoms with Crippen molar-refractivity contribution in [3.05, 3.63) is 41.2 Å². The van der Waals surface area contributed by atoms with Crippen molar-refractivity contribution in [1.29, 1.82) is 0 Å². The largest absolute Gasteiger partial charge is 0.454 e. The Bertz CT molecular complexity index is 684. The molecule has 1 aromatic heterocycles. The molecule has 0 atom stereocenters. The molecule has 2 N–H and O–H groups in total. The van der Waals surface area contributed by atoms with E-state index in [-0.39, 0.29) is 12.2 Å². The first kappa shape index (κ1) is 13.5. The third-order valence-corrected chi connectivity index (χ3v) is 3.48. The lowest BCUT2D eigenvalue weighted by atomic mass is 10.2. The van der Waals surface area contributed by atoms with Crippen molar-refractivity contribution >= 4 is 11.7 Å². The molecule has 0 aliphatic carbocycles. The summed E-state index contributed by atoms with van der Waals surface area (Å²) in [7, 11) is 0. The molecule has 0 fully saturated rings. The molecule has 1 aliphatic rings. The molecule has 110 valence electrons. The Hall–Kier alpha value is -2.44. The van der Waals surface area contributed by atoms with E-state index in [2.05, 4.69) is 10.2 Å². The molecule has 1 aromatic carbocycles. The predicted octanol–water partition coefficient (Wildman–Crippen LogP) is 1.69. The van der Waals surface area contributed by atoms with Gasteiger partial charge in [-0.3, -0.25) is 0 Å². The van der Waals surface area contributed by atoms with Crippen LogP contribution >= 0.6 is 0 Å². The fourth-order valence-corrected chi connectivity index (χ4v) is 2.38. The van der Waals surface area contributed by atoms with Gasteiger partial charge >= 0.3 is 5.97 Å². The molecule has 0 saturated heterocycles. The highest BCUT2D eigenvalue weighted by atomic mass is 19.1. The summed E-state index contributed by atoms with van der Waals surface area (Å²) < 4.78 is 20.6. The van der Waals surface area contributed by atoms with E-state index in [4.69, 9.17) is 10.5 Å². The molecule has 0 spiro atoms. The van der Waals surface area contributed by atoms with Gasteiger partial charge in [-0.25, -0.2) is 9.18 Å². The van der Waals surface area contributed by atoms with Gasteiger partial charge in [-0.05, 0) is 31.0 Å². The Kier molecular flexibility index (Phi) is 3.55. The van der Waals surface area contributed by atoms with Crippen LogP contribution in [0, 0.1) is 5.82 Å². The maximum atomic E-state index is 13.6. The number of carbonyl (C=O) groups excluding carboxylic acids is 1. The number of fused-ring (bicyclic) bond motifs is 1. The maximum absolute atomic E-state index is 13.6. The van der Waals surface area contributed by atoms with E-state index in [0.717, 1.165) is 37.7 Å². The Morgan fingerprint density at radius 1 is 1.38 bits per heavy atom. The molecule has 0 saturated carbocycles. The van der Waals surface area contributed by atoms with Crippen LogP contribution in [0.4, 0.5) is 10.1 Å². The monoisotopic (exact) mass is 290 g/mol. The number of benzene rings is 1. The number of nitrogen functional groups attached to an aromatic ring is 1. The van der Waals surface area contributed by atoms with Gasteiger partial charge in [0.2, 0.25) is 0 Å². The number of anilines is 1. The highest BCUT2D eigenvalue weighted by molar-refractivity contribution is 5.90. The lowest BCUT2D eigenvalue weighted by molar-refractivity contribution is 0.0451. The van der Waals surface area contributed by atoms with Crippen molar-refractivity contribution < 1.29 is 13.9 Å². The number of nitrogens with zero attached hydrogens (tertiary/aromatic N) is 3. The normalized spacial score (nSPS) is 13.8. The lowest BCUT2D eigenvalue weighted by Crippen LogP contribution is -2.15. The minimum absolute atomic E-state index is 0.0277. The van der Waals surface area contributed by atoms with Crippen LogP contribution in [0.3, 0.4) is 0 Å². The quantitative estimate of drug-likeness (QED) is 0.687. The van der Waals surface area contributed by atoms with Crippen LogP contribution in [0.1, 0.15) is 34.8 Å². The summed E-state index contributed by atoms with van der Waals surface area (Å²) in [6.45, 7) is 0.794. The summed E-state index contributed by atoms with van der Waals surface area (Å²) in [5.74, 6) is 0.0789. The molecule has 0 amide bonds. The van der Waals surface area contributed by atoms with Gasteiger partial charge in [-0.15, -0.1) is 10.2 Å². The van der Waals surface area contributed by atoms with Gasteiger partial charge in [0.25, 0.3) is 0 Å². The second kappa shape index (κ2) is 5.51. The number of carbonyl (C=O) groups is 1. The Morgan fingerprint density at radius 2 is 2.24 bits per heavy atom. The van der Waals surface area contributed by atoms with Crippen molar-refractivity contribution in [3.63, 3.8) is 0 Å². The molecular weight excluding hydrogens is 275 g/mol. The molecule has 6 nitrogen and oxygen atoms in total. The van der Waals surface area contributed by atoms with Crippen molar-refractivity contribution in [2.24, 2.45) is 0 Å². The van der Waals surface area contributed by atoms with Gasteiger partial charge in [0.1, 0.15) is 11.6 Å². The lowest BCUT2D eigenvalue weighted by Gasteiger charge is -2.14. The number of esters is 1. The zero-order valence-corrected chi connectivity index (χ0v) is 11.4. The van der Waals surface area contributed by atoms with Crippen LogP contribution in [-0.4, -0.2) is 20.7 Å². The maximum Gasteiger partial charge on any atom is 0.341 e. The highest BCUT2D eigenvalue weighted by Crippen LogP contribution is 2.17. The molecule has 7 heteroatoms. The van der Waals surface area contributed by atoms with Gasteiger partial charge in [0, 0.05) is 18.7 Å². The van der Waals surface area contributed by atoms with Crippen LogP contribution in [0.2, 0.25) is 0 Å². The average Bonchev–Trinajstić information content (AvgIpc) is 2.90. The van der Waals surface area contributed by atoms with Crippen LogP contribution < -0.4 is 5.73 Å². The highest BCUT2D eigenvalue weighted by Gasteiger charge is 2.18. The van der Waals surface area contributed by atoms with E-state index in [0.29, 0.717) is 11.5 Å². The molecule has 0 radical (unpaired) electrons. The smallest absolute Gasteiger partial charge is 0.341 e. The molecule has 2 aromatic rings. The Labute approximate surface area is 120 Å². The second-order valence-corrected chi connectivity index (χ2v) is 4.96. The van der Waals surface area contributed by atoms with Gasteiger partial charge in [-0.2, -0.15) is 0 Å². The first-order valence-electron chi connectivity index (χ1n) is 6.78. The third kappa shape index (κ3) is 2.72. The van der Waals surface area contributed by atoms with Crippen LogP contribution in [0.5, 0.6) is 0 Å². The minimum atomic E-state index is -0.757. The molecule has 3 rings (SSSR count). The van der Waals surface area contributed by atoms with E-state index in [1.807, 2.05) is 4.57 Å². The zero-order valence-electron chi connectivity index (χ0n) is 11.4. The number of ether oxygens (including phenoxy) is 1.